The van der Waals surface area contributed by atoms with Crippen LogP contribution in [0.3, 0.4) is 0 Å². The van der Waals surface area contributed by atoms with E-state index in [-0.39, 0.29) is 18.4 Å². The number of hydrogen-bond acceptors (Lipinski definition) is 3. The van der Waals surface area contributed by atoms with Gasteiger partial charge in [0.05, 0.1) is 11.4 Å². The molecule has 1 aliphatic heterocycles. The zero-order valence-electron chi connectivity index (χ0n) is 13.2. The molecular weight excluding hydrogens is 372 g/mol. The Morgan fingerprint density at radius 2 is 2.00 bits per heavy atom. The highest BCUT2D eigenvalue weighted by atomic mass is 79.9. The molecule has 5 nitrogen and oxygen atoms in total. The molecule has 2 aromatic carbocycles. The number of nitrogens with zero attached hydrogens (tertiary/aromatic N) is 1. The van der Waals surface area contributed by atoms with Crippen molar-refractivity contribution in [1.29, 1.82) is 0 Å². The second-order valence-corrected chi connectivity index (χ2v) is 6.46. The van der Waals surface area contributed by atoms with Crippen LogP contribution in [0.5, 0.6) is 5.75 Å². The van der Waals surface area contributed by atoms with Gasteiger partial charge in [-0.2, -0.15) is 0 Å². The molecule has 124 valence electrons. The highest BCUT2D eigenvalue weighted by molar-refractivity contribution is 9.10. The summed E-state index contributed by atoms with van der Waals surface area (Å²) in [6.45, 7) is 1.99. The molecule has 0 atom stereocenters. The van der Waals surface area contributed by atoms with Crippen molar-refractivity contribution in [3.05, 3.63) is 52.5 Å². The van der Waals surface area contributed by atoms with Gasteiger partial charge in [-0.3, -0.25) is 9.59 Å². The molecule has 0 saturated heterocycles. The Bertz CT molecular complexity index is 777. The third-order valence-corrected chi connectivity index (χ3v) is 4.20. The molecule has 0 unspecified atom stereocenters. The lowest BCUT2D eigenvalue weighted by molar-refractivity contribution is -0.120. The zero-order chi connectivity index (χ0) is 17.1. The molecule has 1 aliphatic rings. The minimum absolute atomic E-state index is 0.0426. The van der Waals surface area contributed by atoms with Crippen molar-refractivity contribution in [3.63, 3.8) is 0 Å². The number of amides is 2. The highest BCUT2D eigenvalue weighted by Crippen LogP contribution is 2.38. The Labute approximate surface area is 148 Å². The molecule has 0 radical (unpaired) electrons. The van der Waals surface area contributed by atoms with Crippen LogP contribution >= 0.6 is 15.9 Å². The van der Waals surface area contributed by atoms with Gasteiger partial charge in [-0.25, -0.2) is 0 Å². The van der Waals surface area contributed by atoms with E-state index in [4.69, 9.17) is 4.74 Å². The summed E-state index contributed by atoms with van der Waals surface area (Å²) in [7, 11) is 0. The maximum Gasteiger partial charge on any atom is 0.264 e. The number of para-hydroxylation sites is 1. The maximum atomic E-state index is 12.6. The number of benzene rings is 2. The Kier molecular flexibility index (Phi) is 4.85. The quantitative estimate of drug-likeness (QED) is 0.873. The van der Waals surface area contributed by atoms with Crippen LogP contribution in [0, 0.1) is 0 Å². The largest absolute Gasteiger partial charge is 0.484 e. The number of fused-ring (bicyclic) bond motifs is 1. The monoisotopic (exact) mass is 388 g/mol. The SMILES string of the molecule is CC(=O)Nc1cc(Br)cc2c1N(C(=O)COc1ccccc1)CC2. The number of ether oxygens (including phenoxy) is 1. The van der Waals surface area contributed by atoms with E-state index in [9.17, 15) is 9.59 Å². The first-order valence-electron chi connectivity index (χ1n) is 7.63. The van der Waals surface area contributed by atoms with Crippen LogP contribution in [0.4, 0.5) is 11.4 Å². The number of carbonyl (C=O) groups excluding carboxylic acids is 2. The van der Waals surface area contributed by atoms with Gasteiger partial charge in [0.15, 0.2) is 6.61 Å². The lowest BCUT2D eigenvalue weighted by Gasteiger charge is -2.21. The number of rotatable bonds is 4. The first-order chi connectivity index (χ1) is 11.5. The summed E-state index contributed by atoms with van der Waals surface area (Å²) >= 11 is 3.44. The van der Waals surface area contributed by atoms with Gasteiger partial charge in [0.2, 0.25) is 5.91 Å². The molecule has 0 bridgehead atoms. The number of carbonyl (C=O) groups is 2. The van der Waals surface area contributed by atoms with Gasteiger partial charge in [-0.15, -0.1) is 0 Å². The molecule has 2 aromatic rings. The molecule has 0 fully saturated rings. The minimum Gasteiger partial charge on any atom is -0.484 e. The number of halogens is 1. The van der Waals surface area contributed by atoms with E-state index in [1.54, 1.807) is 4.90 Å². The van der Waals surface area contributed by atoms with Crippen molar-refractivity contribution in [3.8, 4) is 5.75 Å². The smallest absolute Gasteiger partial charge is 0.264 e. The predicted octanol–water partition coefficient (Wildman–Crippen LogP) is 3.38. The van der Waals surface area contributed by atoms with E-state index in [1.807, 2.05) is 42.5 Å². The van der Waals surface area contributed by atoms with Crippen molar-refractivity contribution >= 4 is 39.1 Å². The van der Waals surface area contributed by atoms with Crippen LogP contribution < -0.4 is 15.0 Å². The van der Waals surface area contributed by atoms with Crippen molar-refractivity contribution in [2.45, 2.75) is 13.3 Å². The van der Waals surface area contributed by atoms with E-state index < -0.39 is 0 Å². The highest BCUT2D eigenvalue weighted by Gasteiger charge is 2.28. The fourth-order valence-corrected chi connectivity index (χ4v) is 3.29. The second kappa shape index (κ2) is 7.05. The fourth-order valence-electron chi connectivity index (χ4n) is 2.78. The molecule has 0 aliphatic carbocycles. The van der Waals surface area contributed by atoms with Crippen molar-refractivity contribution in [2.24, 2.45) is 0 Å². The third kappa shape index (κ3) is 3.59. The standard InChI is InChI=1S/C18H17BrN2O3/c1-12(22)20-16-10-14(19)9-13-7-8-21(18(13)16)17(23)11-24-15-5-3-2-4-6-15/h2-6,9-10H,7-8,11H2,1H3,(H,20,22). The average Bonchev–Trinajstić information content (AvgIpc) is 2.97. The molecule has 1 N–H and O–H groups in total. The average molecular weight is 389 g/mol. The maximum absolute atomic E-state index is 12.6. The summed E-state index contributed by atoms with van der Waals surface area (Å²) in [4.78, 5) is 25.7. The third-order valence-electron chi connectivity index (χ3n) is 3.75. The van der Waals surface area contributed by atoms with Crippen LogP contribution in [0.1, 0.15) is 12.5 Å². The Morgan fingerprint density at radius 3 is 2.71 bits per heavy atom. The summed E-state index contributed by atoms with van der Waals surface area (Å²) in [6.07, 6.45) is 0.748. The van der Waals surface area contributed by atoms with Gasteiger partial charge in [0.1, 0.15) is 5.75 Å². The lowest BCUT2D eigenvalue weighted by Crippen LogP contribution is -2.34. The lowest BCUT2D eigenvalue weighted by atomic mass is 10.1. The van der Waals surface area contributed by atoms with E-state index in [0.29, 0.717) is 18.0 Å². The van der Waals surface area contributed by atoms with E-state index in [1.165, 1.54) is 6.92 Å². The molecule has 6 heteroatoms. The molecule has 0 saturated carbocycles. The first kappa shape index (κ1) is 16.5. The van der Waals surface area contributed by atoms with Crippen LogP contribution in [-0.2, 0) is 16.0 Å². The first-order valence-corrected chi connectivity index (χ1v) is 8.42. The van der Waals surface area contributed by atoms with Gasteiger partial charge in [-0.1, -0.05) is 34.1 Å². The number of hydrogen-bond donors (Lipinski definition) is 1. The van der Waals surface area contributed by atoms with Gasteiger partial charge in [0, 0.05) is 17.9 Å². The summed E-state index contributed by atoms with van der Waals surface area (Å²) in [5.41, 5.74) is 2.42. The van der Waals surface area contributed by atoms with Crippen LogP contribution in [0.25, 0.3) is 0 Å². The van der Waals surface area contributed by atoms with Crippen LogP contribution in [-0.4, -0.2) is 25.0 Å². The number of anilines is 2. The minimum atomic E-state index is -0.171. The summed E-state index contributed by atoms with van der Waals surface area (Å²) in [5.74, 6) is 0.352. The van der Waals surface area contributed by atoms with Gasteiger partial charge >= 0.3 is 0 Å². The Hall–Kier alpha value is -2.34. The van der Waals surface area contributed by atoms with Crippen molar-refractivity contribution < 1.29 is 14.3 Å². The summed E-state index contributed by atoms with van der Waals surface area (Å²) < 4.78 is 6.43. The van der Waals surface area contributed by atoms with Crippen molar-refractivity contribution in [1.82, 2.24) is 0 Å². The van der Waals surface area contributed by atoms with Gasteiger partial charge < -0.3 is 15.0 Å². The van der Waals surface area contributed by atoms with Gasteiger partial charge in [0.25, 0.3) is 5.91 Å². The summed E-state index contributed by atoms with van der Waals surface area (Å²) in [5, 5.41) is 2.80. The Balaban J connectivity index is 1.80. The molecule has 2 amide bonds. The molecular formula is C18H17BrN2O3. The normalized spacial score (nSPS) is 12.7. The van der Waals surface area contributed by atoms with Crippen LogP contribution in [0.2, 0.25) is 0 Å². The predicted molar refractivity (Wildman–Crippen MR) is 96.4 cm³/mol. The summed E-state index contributed by atoms with van der Waals surface area (Å²) in [6, 6.07) is 13.0. The van der Waals surface area contributed by atoms with Crippen molar-refractivity contribution in [2.75, 3.05) is 23.4 Å². The molecule has 1 heterocycles. The molecule has 0 aromatic heterocycles. The molecule has 3 rings (SSSR count). The molecule has 0 spiro atoms. The topological polar surface area (TPSA) is 58.6 Å². The zero-order valence-corrected chi connectivity index (χ0v) is 14.8. The molecule has 24 heavy (non-hydrogen) atoms. The van der Waals surface area contributed by atoms with E-state index in [2.05, 4.69) is 21.2 Å². The van der Waals surface area contributed by atoms with E-state index in [0.717, 1.165) is 22.1 Å². The Morgan fingerprint density at radius 1 is 1.25 bits per heavy atom. The fraction of sp³-hybridized carbons (Fsp3) is 0.222. The van der Waals surface area contributed by atoms with Gasteiger partial charge in [-0.05, 0) is 36.2 Å². The second-order valence-electron chi connectivity index (χ2n) is 5.54. The van der Waals surface area contributed by atoms with E-state index >= 15 is 0 Å². The van der Waals surface area contributed by atoms with Crippen LogP contribution in [0.15, 0.2) is 46.9 Å². The number of nitrogens with one attached hydrogen (secondary N) is 1.